The summed E-state index contributed by atoms with van der Waals surface area (Å²) in [4.78, 5) is 26.5. The Morgan fingerprint density at radius 3 is 2.12 bits per heavy atom. The zero-order valence-electron chi connectivity index (χ0n) is 14.9. The molecule has 25 heavy (non-hydrogen) atoms. The second-order valence-corrected chi connectivity index (χ2v) is 5.39. The molecule has 0 spiro atoms. The Labute approximate surface area is 146 Å². The lowest BCUT2D eigenvalue weighted by Gasteiger charge is -2.29. The molecule has 1 amide bonds. The number of amides is 1. The minimum absolute atomic E-state index is 0.154. The first-order valence-electron chi connectivity index (χ1n) is 7.89. The minimum atomic E-state index is -0.914. The van der Waals surface area contributed by atoms with Gasteiger partial charge in [-0.1, -0.05) is 0 Å². The number of benzene rings is 1. The number of rotatable bonds is 6. The van der Waals surface area contributed by atoms with Crippen molar-refractivity contribution in [3.63, 3.8) is 0 Å². The highest BCUT2D eigenvalue weighted by molar-refractivity contribution is 5.95. The molecule has 2 rings (SSSR count). The molecule has 0 N–H and O–H groups in total. The van der Waals surface area contributed by atoms with Crippen molar-refractivity contribution in [3.8, 4) is 17.2 Å². The van der Waals surface area contributed by atoms with Gasteiger partial charge in [0.15, 0.2) is 17.6 Å². The van der Waals surface area contributed by atoms with Gasteiger partial charge in [-0.25, -0.2) is 4.79 Å². The van der Waals surface area contributed by atoms with Gasteiger partial charge in [-0.05, 0) is 6.92 Å². The van der Waals surface area contributed by atoms with Gasteiger partial charge in [0.05, 0.1) is 34.5 Å². The molecule has 8 heteroatoms. The van der Waals surface area contributed by atoms with Crippen molar-refractivity contribution < 1.29 is 33.3 Å². The third kappa shape index (κ3) is 4.33. The number of nitrogens with zero attached hydrogens (tertiary/aromatic N) is 1. The lowest BCUT2D eigenvalue weighted by Crippen LogP contribution is -2.46. The van der Waals surface area contributed by atoms with Crippen LogP contribution in [0, 0.1) is 0 Å². The first kappa shape index (κ1) is 18.9. The van der Waals surface area contributed by atoms with Crippen molar-refractivity contribution in [1.82, 2.24) is 4.90 Å². The number of esters is 1. The third-order valence-electron chi connectivity index (χ3n) is 3.88. The van der Waals surface area contributed by atoms with Crippen LogP contribution in [0.5, 0.6) is 17.2 Å². The van der Waals surface area contributed by atoms with Gasteiger partial charge >= 0.3 is 5.97 Å². The number of morpholine rings is 1. The van der Waals surface area contributed by atoms with E-state index < -0.39 is 12.1 Å². The van der Waals surface area contributed by atoms with E-state index in [1.54, 1.807) is 11.8 Å². The standard InChI is InChI=1S/C17H23NO7/c1-11(16(19)18-5-7-24-8-6-18)25-17(20)12-9-14(22-3)15(23-4)10-13(12)21-2/h9-11H,5-8H2,1-4H3. The fourth-order valence-corrected chi connectivity index (χ4v) is 2.50. The van der Waals surface area contributed by atoms with Crippen LogP contribution in [-0.4, -0.2) is 70.5 Å². The number of hydrogen-bond donors (Lipinski definition) is 0. The summed E-state index contributed by atoms with van der Waals surface area (Å²) >= 11 is 0. The summed E-state index contributed by atoms with van der Waals surface area (Å²) in [6.45, 7) is 3.48. The molecule has 0 radical (unpaired) electrons. The summed E-state index contributed by atoms with van der Waals surface area (Å²) in [6.07, 6.45) is -0.914. The number of ether oxygens (including phenoxy) is 5. The largest absolute Gasteiger partial charge is 0.496 e. The second kappa shape index (κ2) is 8.57. The molecule has 0 aromatic heterocycles. The molecule has 1 unspecified atom stereocenters. The number of carbonyl (C=O) groups excluding carboxylic acids is 2. The molecule has 1 heterocycles. The van der Waals surface area contributed by atoms with Gasteiger partial charge in [-0.2, -0.15) is 0 Å². The Morgan fingerprint density at radius 1 is 1.00 bits per heavy atom. The van der Waals surface area contributed by atoms with E-state index in [4.69, 9.17) is 23.7 Å². The van der Waals surface area contributed by atoms with Crippen molar-refractivity contribution in [2.75, 3.05) is 47.6 Å². The Hall–Kier alpha value is -2.48. The topological polar surface area (TPSA) is 83.5 Å². The molecule has 1 aromatic rings. The molecule has 1 aromatic carbocycles. The van der Waals surface area contributed by atoms with Crippen LogP contribution in [0.3, 0.4) is 0 Å². The van der Waals surface area contributed by atoms with E-state index in [1.807, 2.05) is 0 Å². The van der Waals surface area contributed by atoms with E-state index >= 15 is 0 Å². The average Bonchev–Trinajstić information content (AvgIpc) is 2.66. The van der Waals surface area contributed by atoms with Crippen LogP contribution in [0.2, 0.25) is 0 Å². The highest BCUT2D eigenvalue weighted by Gasteiger charge is 2.27. The first-order chi connectivity index (χ1) is 12.0. The average molecular weight is 353 g/mol. The molecule has 0 aliphatic carbocycles. The van der Waals surface area contributed by atoms with Crippen molar-refractivity contribution in [3.05, 3.63) is 17.7 Å². The van der Waals surface area contributed by atoms with Crippen LogP contribution >= 0.6 is 0 Å². The summed E-state index contributed by atoms with van der Waals surface area (Å²) in [6, 6.07) is 3.00. The highest BCUT2D eigenvalue weighted by Crippen LogP contribution is 2.35. The van der Waals surface area contributed by atoms with Crippen LogP contribution in [0.4, 0.5) is 0 Å². The van der Waals surface area contributed by atoms with Crippen molar-refractivity contribution in [1.29, 1.82) is 0 Å². The fourth-order valence-electron chi connectivity index (χ4n) is 2.50. The first-order valence-corrected chi connectivity index (χ1v) is 7.89. The predicted molar refractivity (Wildman–Crippen MR) is 88.4 cm³/mol. The number of carbonyl (C=O) groups is 2. The molecular weight excluding hydrogens is 330 g/mol. The van der Waals surface area contributed by atoms with Crippen molar-refractivity contribution >= 4 is 11.9 Å². The quantitative estimate of drug-likeness (QED) is 0.709. The summed E-state index contributed by atoms with van der Waals surface area (Å²) in [5.74, 6) is 0.132. The molecular formula is C17H23NO7. The van der Waals surface area contributed by atoms with Gasteiger partial charge in [0.1, 0.15) is 11.3 Å². The Bertz CT molecular complexity index is 626. The van der Waals surface area contributed by atoms with Crippen LogP contribution in [0.15, 0.2) is 12.1 Å². The molecule has 1 atom stereocenters. The Balaban J connectivity index is 2.15. The van der Waals surface area contributed by atoms with Gasteiger partial charge < -0.3 is 28.6 Å². The van der Waals surface area contributed by atoms with Crippen LogP contribution < -0.4 is 14.2 Å². The maximum absolute atomic E-state index is 12.5. The summed E-state index contributed by atoms with van der Waals surface area (Å²) in [5.41, 5.74) is 0.154. The maximum Gasteiger partial charge on any atom is 0.342 e. The van der Waals surface area contributed by atoms with Crippen molar-refractivity contribution in [2.24, 2.45) is 0 Å². The Kier molecular flexibility index (Phi) is 6.46. The van der Waals surface area contributed by atoms with Gasteiger partial charge in [0, 0.05) is 25.2 Å². The third-order valence-corrected chi connectivity index (χ3v) is 3.88. The zero-order valence-corrected chi connectivity index (χ0v) is 14.9. The normalized spacial score (nSPS) is 15.3. The Morgan fingerprint density at radius 2 is 1.56 bits per heavy atom. The smallest absolute Gasteiger partial charge is 0.342 e. The van der Waals surface area contributed by atoms with Gasteiger partial charge in [0.2, 0.25) is 0 Å². The predicted octanol–water partition coefficient (Wildman–Crippen LogP) is 1.12. The van der Waals surface area contributed by atoms with E-state index in [0.717, 1.165) is 0 Å². The van der Waals surface area contributed by atoms with Crippen LogP contribution in [-0.2, 0) is 14.3 Å². The van der Waals surface area contributed by atoms with Gasteiger partial charge in [-0.15, -0.1) is 0 Å². The highest BCUT2D eigenvalue weighted by atomic mass is 16.6. The second-order valence-electron chi connectivity index (χ2n) is 5.39. The lowest BCUT2D eigenvalue weighted by atomic mass is 10.1. The lowest BCUT2D eigenvalue weighted by molar-refractivity contribution is -0.143. The minimum Gasteiger partial charge on any atom is -0.496 e. The molecule has 1 aliphatic heterocycles. The molecule has 0 bridgehead atoms. The molecule has 8 nitrogen and oxygen atoms in total. The molecule has 0 saturated carbocycles. The molecule has 1 aliphatic rings. The van der Waals surface area contributed by atoms with Crippen molar-refractivity contribution in [2.45, 2.75) is 13.0 Å². The maximum atomic E-state index is 12.5. The number of methoxy groups -OCH3 is 3. The summed E-state index contributed by atoms with van der Waals surface area (Å²) < 4.78 is 26.1. The zero-order chi connectivity index (χ0) is 18.4. The van der Waals surface area contributed by atoms with Gasteiger partial charge in [0.25, 0.3) is 5.91 Å². The fraction of sp³-hybridized carbons (Fsp3) is 0.529. The molecule has 138 valence electrons. The van der Waals surface area contributed by atoms with E-state index in [-0.39, 0.29) is 17.2 Å². The van der Waals surface area contributed by atoms with Gasteiger partial charge in [-0.3, -0.25) is 4.79 Å². The SMILES string of the molecule is COc1cc(OC)c(C(=O)OC(C)C(=O)N2CCOCC2)cc1OC. The van der Waals surface area contributed by atoms with Crippen LogP contribution in [0.1, 0.15) is 17.3 Å². The van der Waals surface area contributed by atoms with E-state index in [2.05, 4.69) is 0 Å². The summed E-state index contributed by atoms with van der Waals surface area (Å²) in [7, 11) is 4.38. The molecule has 1 fully saturated rings. The summed E-state index contributed by atoms with van der Waals surface area (Å²) in [5, 5.41) is 0. The van der Waals surface area contributed by atoms with E-state index in [0.29, 0.717) is 37.8 Å². The van der Waals surface area contributed by atoms with E-state index in [1.165, 1.54) is 33.5 Å². The number of hydrogen-bond acceptors (Lipinski definition) is 7. The van der Waals surface area contributed by atoms with E-state index in [9.17, 15) is 9.59 Å². The monoisotopic (exact) mass is 353 g/mol. The van der Waals surface area contributed by atoms with Crippen LogP contribution in [0.25, 0.3) is 0 Å². The molecule has 1 saturated heterocycles.